The molecular formula is C12H14O3. The minimum absolute atomic E-state index is 0.0333. The van der Waals surface area contributed by atoms with E-state index in [9.17, 15) is 9.90 Å². The molecule has 0 aromatic heterocycles. The van der Waals surface area contributed by atoms with E-state index in [0.29, 0.717) is 12.2 Å². The molecule has 0 amide bonds. The molecule has 15 heavy (non-hydrogen) atoms. The lowest BCUT2D eigenvalue weighted by atomic mass is 10.1. The normalized spacial score (nSPS) is 10.5. The summed E-state index contributed by atoms with van der Waals surface area (Å²) in [7, 11) is 0. The third kappa shape index (κ3) is 2.59. The van der Waals surface area contributed by atoms with Crippen LogP contribution in [0.4, 0.5) is 0 Å². The molecule has 0 aliphatic rings. The molecule has 0 saturated heterocycles. The number of aromatic hydroxyl groups is 1. The molecule has 0 atom stereocenters. The largest absolute Gasteiger partial charge is 0.506 e. The van der Waals surface area contributed by atoms with Gasteiger partial charge in [-0.3, -0.25) is 0 Å². The number of para-hydroxylation sites is 1. The van der Waals surface area contributed by atoms with Crippen molar-refractivity contribution in [1.29, 1.82) is 0 Å². The summed E-state index contributed by atoms with van der Waals surface area (Å²) in [4.78, 5) is 11.4. The number of allylic oxidation sites excluding steroid dienone is 1. The first-order valence-corrected chi connectivity index (χ1v) is 4.82. The van der Waals surface area contributed by atoms with E-state index >= 15 is 0 Å². The molecule has 0 unspecified atom stereocenters. The van der Waals surface area contributed by atoms with E-state index in [1.807, 2.05) is 6.92 Å². The van der Waals surface area contributed by atoms with Crippen molar-refractivity contribution in [3.8, 4) is 5.75 Å². The molecule has 1 N–H and O–H groups in total. The van der Waals surface area contributed by atoms with Crippen molar-refractivity contribution in [1.82, 2.24) is 0 Å². The average Bonchev–Trinajstić information content (AvgIpc) is 2.22. The Morgan fingerprint density at radius 2 is 2.27 bits per heavy atom. The third-order valence-corrected chi connectivity index (χ3v) is 1.91. The second-order valence-electron chi connectivity index (χ2n) is 2.96. The standard InChI is InChI=1S/C12H14O3/c1-3-6-9-7-5-8-10(11(9)13)12(14)15-4-2/h3,5-8,13H,4H2,1-2H3/b6-3-. The van der Waals surface area contributed by atoms with Gasteiger partial charge in [0.25, 0.3) is 0 Å². The summed E-state index contributed by atoms with van der Waals surface area (Å²) in [5.74, 6) is -0.532. The van der Waals surface area contributed by atoms with Crippen LogP contribution in [-0.2, 0) is 4.74 Å². The summed E-state index contributed by atoms with van der Waals surface area (Å²) in [6.45, 7) is 3.87. The van der Waals surface area contributed by atoms with Crippen LogP contribution >= 0.6 is 0 Å². The van der Waals surface area contributed by atoms with Gasteiger partial charge in [0.2, 0.25) is 0 Å². The van der Waals surface area contributed by atoms with Crippen LogP contribution < -0.4 is 0 Å². The summed E-state index contributed by atoms with van der Waals surface area (Å²) in [6.07, 6.45) is 3.53. The Morgan fingerprint density at radius 1 is 1.53 bits per heavy atom. The average molecular weight is 206 g/mol. The maximum absolute atomic E-state index is 11.4. The van der Waals surface area contributed by atoms with Crippen molar-refractivity contribution in [2.24, 2.45) is 0 Å². The number of carbonyl (C=O) groups excluding carboxylic acids is 1. The van der Waals surface area contributed by atoms with Gasteiger partial charge in [-0.1, -0.05) is 24.3 Å². The van der Waals surface area contributed by atoms with Crippen molar-refractivity contribution in [3.05, 3.63) is 35.4 Å². The highest BCUT2D eigenvalue weighted by Crippen LogP contribution is 2.24. The van der Waals surface area contributed by atoms with Gasteiger partial charge < -0.3 is 9.84 Å². The zero-order valence-corrected chi connectivity index (χ0v) is 8.86. The first-order chi connectivity index (χ1) is 7.20. The molecule has 0 radical (unpaired) electrons. The molecule has 0 fully saturated rings. The Morgan fingerprint density at radius 3 is 2.87 bits per heavy atom. The zero-order chi connectivity index (χ0) is 11.3. The molecule has 0 spiro atoms. The van der Waals surface area contributed by atoms with Crippen LogP contribution in [0.5, 0.6) is 5.75 Å². The van der Waals surface area contributed by atoms with Gasteiger partial charge in [-0.15, -0.1) is 0 Å². The van der Waals surface area contributed by atoms with E-state index in [1.165, 1.54) is 0 Å². The van der Waals surface area contributed by atoms with Crippen LogP contribution in [0.2, 0.25) is 0 Å². The van der Waals surface area contributed by atoms with Crippen LogP contribution in [0.3, 0.4) is 0 Å². The van der Waals surface area contributed by atoms with E-state index < -0.39 is 5.97 Å². The number of phenolic OH excluding ortho intramolecular Hbond substituents is 1. The van der Waals surface area contributed by atoms with Crippen LogP contribution in [-0.4, -0.2) is 17.7 Å². The molecule has 80 valence electrons. The van der Waals surface area contributed by atoms with Gasteiger partial charge in [0.15, 0.2) is 0 Å². The fourth-order valence-corrected chi connectivity index (χ4v) is 1.25. The van der Waals surface area contributed by atoms with Gasteiger partial charge in [-0.2, -0.15) is 0 Å². The fourth-order valence-electron chi connectivity index (χ4n) is 1.25. The van der Waals surface area contributed by atoms with Crippen LogP contribution in [0.25, 0.3) is 6.08 Å². The third-order valence-electron chi connectivity index (χ3n) is 1.91. The molecule has 3 heteroatoms. The van der Waals surface area contributed by atoms with E-state index in [1.54, 1.807) is 37.3 Å². The van der Waals surface area contributed by atoms with E-state index in [-0.39, 0.29) is 11.3 Å². The van der Waals surface area contributed by atoms with Crippen molar-refractivity contribution in [2.75, 3.05) is 6.61 Å². The van der Waals surface area contributed by atoms with Crippen LogP contribution in [0.15, 0.2) is 24.3 Å². The highest BCUT2D eigenvalue weighted by molar-refractivity contribution is 5.93. The van der Waals surface area contributed by atoms with Gasteiger partial charge in [-0.25, -0.2) is 4.79 Å². The Bertz CT molecular complexity index is 380. The summed E-state index contributed by atoms with van der Waals surface area (Å²) in [5, 5.41) is 9.76. The Hall–Kier alpha value is -1.77. The molecule has 0 bridgehead atoms. The van der Waals surface area contributed by atoms with Gasteiger partial charge in [0, 0.05) is 5.56 Å². The summed E-state index contributed by atoms with van der Waals surface area (Å²) in [6, 6.07) is 4.99. The maximum Gasteiger partial charge on any atom is 0.341 e. The summed E-state index contributed by atoms with van der Waals surface area (Å²) < 4.78 is 4.82. The number of carbonyl (C=O) groups is 1. The monoisotopic (exact) mass is 206 g/mol. The Labute approximate surface area is 89.0 Å². The van der Waals surface area contributed by atoms with Gasteiger partial charge >= 0.3 is 5.97 Å². The van der Waals surface area contributed by atoms with Gasteiger partial charge in [0.1, 0.15) is 11.3 Å². The maximum atomic E-state index is 11.4. The predicted molar refractivity (Wildman–Crippen MR) is 58.8 cm³/mol. The van der Waals surface area contributed by atoms with Gasteiger partial charge in [0.05, 0.1) is 6.61 Å². The molecule has 1 aromatic carbocycles. The smallest absolute Gasteiger partial charge is 0.341 e. The zero-order valence-electron chi connectivity index (χ0n) is 8.86. The van der Waals surface area contributed by atoms with Gasteiger partial charge in [-0.05, 0) is 19.9 Å². The topological polar surface area (TPSA) is 46.5 Å². The first-order valence-electron chi connectivity index (χ1n) is 4.82. The SMILES string of the molecule is C/C=C\c1cccc(C(=O)OCC)c1O. The molecule has 0 heterocycles. The molecule has 3 nitrogen and oxygen atoms in total. The van der Waals surface area contributed by atoms with Crippen LogP contribution in [0.1, 0.15) is 29.8 Å². The lowest BCUT2D eigenvalue weighted by molar-refractivity contribution is 0.0523. The number of hydrogen-bond acceptors (Lipinski definition) is 3. The quantitative estimate of drug-likeness (QED) is 0.773. The number of ether oxygens (including phenoxy) is 1. The number of rotatable bonds is 3. The minimum Gasteiger partial charge on any atom is -0.506 e. The summed E-state index contributed by atoms with van der Waals surface area (Å²) in [5.41, 5.74) is 0.815. The highest BCUT2D eigenvalue weighted by Gasteiger charge is 2.13. The number of phenols is 1. The van der Waals surface area contributed by atoms with E-state index in [4.69, 9.17) is 4.74 Å². The molecule has 0 aliphatic heterocycles. The number of benzene rings is 1. The minimum atomic E-state index is -0.499. The van der Waals surface area contributed by atoms with E-state index in [2.05, 4.69) is 0 Å². The highest BCUT2D eigenvalue weighted by atomic mass is 16.5. The molecule has 0 aliphatic carbocycles. The van der Waals surface area contributed by atoms with Crippen molar-refractivity contribution in [2.45, 2.75) is 13.8 Å². The second kappa shape index (κ2) is 5.20. The second-order valence-corrected chi connectivity index (χ2v) is 2.96. The number of hydrogen-bond donors (Lipinski definition) is 1. The Kier molecular flexibility index (Phi) is 3.92. The Balaban J connectivity index is 3.09. The van der Waals surface area contributed by atoms with Crippen LogP contribution in [0, 0.1) is 0 Å². The van der Waals surface area contributed by atoms with Crippen molar-refractivity contribution >= 4 is 12.0 Å². The lowest BCUT2D eigenvalue weighted by Crippen LogP contribution is -2.05. The summed E-state index contributed by atoms with van der Waals surface area (Å²) >= 11 is 0. The molecule has 1 aromatic rings. The van der Waals surface area contributed by atoms with E-state index in [0.717, 1.165) is 0 Å². The fraction of sp³-hybridized carbons (Fsp3) is 0.250. The molecule has 1 rings (SSSR count). The lowest BCUT2D eigenvalue weighted by Gasteiger charge is -2.06. The number of esters is 1. The first kappa shape index (κ1) is 11.3. The molecular weight excluding hydrogens is 192 g/mol. The predicted octanol–water partition coefficient (Wildman–Crippen LogP) is 2.60. The van der Waals surface area contributed by atoms with Crippen molar-refractivity contribution < 1.29 is 14.6 Å². The van der Waals surface area contributed by atoms with Crippen molar-refractivity contribution in [3.63, 3.8) is 0 Å². The molecule has 0 saturated carbocycles.